The smallest absolute Gasteiger partial charge is 0.172 e. The second-order valence-electron chi connectivity index (χ2n) is 8.96. The van der Waals surface area contributed by atoms with Crippen LogP contribution in [-0.2, 0) is 14.3 Å². The molecule has 1 heterocycles. The number of carbonyl (C=O) groups excluding carboxylic acids is 2. The van der Waals surface area contributed by atoms with Gasteiger partial charge in [-0.15, -0.1) is 0 Å². The van der Waals surface area contributed by atoms with E-state index >= 15 is 0 Å². The van der Waals surface area contributed by atoms with E-state index in [2.05, 4.69) is 0 Å². The maximum Gasteiger partial charge on any atom is 0.172 e. The van der Waals surface area contributed by atoms with E-state index in [0.717, 1.165) is 42.4 Å². The van der Waals surface area contributed by atoms with E-state index in [9.17, 15) is 14.7 Å². The summed E-state index contributed by atoms with van der Waals surface area (Å²) in [5, 5.41) is 11.1. The normalized spacial score (nSPS) is 25.4. The molecule has 4 heteroatoms. The fourth-order valence-electron chi connectivity index (χ4n) is 5.10. The molecule has 2 aromatic rings. The molecule has 3 atom stereocenters. The third-order valence-corrected chi connectivity index (χ3v) is 6.85. The van der Waals surface area contributed by atoms with E-state index in [1.165, 1.54) is 6.42 Å². The molecular weight excluding hydrogens is 388 g/mol. The van der Waals surface area contributed by atoms with E-state index in [0.29, 0.717) is 6.29 Å². The predicted molar refractivity (Wildman–Crippen MR) is 121 cm³/mol. The van der Waals surface area contributed by atoms with Crippen LogP contribution in [0.5, 0.6) is 0 Å². The Morgan fingerprint density at radius 3 is 2.39 bits per heavy atom. The zero-order chi connectivity index (χ0) is 22.0. The number of hydrogen-bond acceptors (Lipinski definition) is 4. The van der Waals surface area contributed by atoms with Gasteiger partial charge in [-0.3, -0.25) is 9.59 Å². The first-order valence-electron chi connectivity index (χ1n) is 11.2. The topological polar surface area (TPSA) is 63.6 Å². The van der Waals surface area contributed by atoms with Crippen LogP contribution in [0.1, 0.15) is 57.4 Å². The lowest BCUT2D eigenvalue weighted by Crippen LogP contribution is -2.36. The van der Waals surface area contributed by atoms with Crippen molar-refractivity contribution in [3.05, 3.63) is 71.5 Å². The number of benzene rings is 2. The lowest BCUT2D eigenvalue weighted by molar-refractivity contribution is -0.133. The van der Waals surface area contributed by atoms with Gasteiger partial charge in [0.1, 0.15) is 11.9 Å². The van der Waals surface area contributed by atoms with Crippen molar-refractivity contribution in [1.82, 2.24) is 0 Å². The molecule has 0 bridgehead atoms. The highest BCUT2D eigenvalue weighted by Crippen LogP contribution is 2.43. The molecule has 3 unspecified atom stereocenters. The van der Waals surface area contributed by atoms with Crippen LogP contribution in [0.4, 0.5) is 0 Å². The molecule has 1 N–H and O–H groups in total. The third kappa shape index (κ3) is 3.97. The zero-order valence-electron chi connectivity index (χ0n) is 18.2. The van der Waals surface area contributed by atoms with E-state index in [4.69, 9.17) is 4.74 Å². The molecule has 0 spiro atoms. The van der Waals surface area contributed by atoms with Crippen molar-refractivity contribution in [2.75, 3.05) is 0 Å². The molecule has 0 radical (unpaired) electrons. The number of ketones is 1. The molecule has 0 aromatic heterocycles. The molecule has 1 saturated carbocycles. The van der Waals surface area contributed by atoms with Crippen molar-refractivity contribution in [1.29, 1.82) is 0 Å². The highest BCUT2D eigenvalue weighted by molar-refractivity contribution is 6.06. The number of hydrogen-bond donors (Lipinski definition) is 1. The Balaban J connectivity index is 1.71. The summed E-state index contributed by atoms with van der Waals surface area (Å²) < 4.78 is 6.07. The van der Waals surface area contributed by atoms with Gasteiger partial charge >= 0.3 is 0 Å². The minimum atomic E-state index is -1.42. The summed E-state index contributed by atoms with van der Waals surface area (Å²) in [5.74, 6) is -0.684. The molecule has 0 saturated heterocycles. The van der Waals surface area contributed by atoms with Crippen molar-refractivity contribution < 1.29 is 19.4 Å². The highest BCUT2D eigenvalue weighted by atomic mass is 16.5. The lowest BCUT2D eigenvalue weighted by atomic mass is 9.81. The quantitative estimate of drug-likeness (QED) is 0.605. The Bertz CT molecular complexity index is 987. The van der Waals surface area contributed by atoms with Gasteiger partial charge in [0.15, 0.2) is 17.7 Å². The first kappa shape index (κ1) is 21.5. The largest absolute Gasteiger partial charge is 0.509 e. The van der Waals surface area contributed by atoms with Crippen LogP contribution >= 0.6 is 0 Å². The first-order chi connectivity index (χ1) is 15.0. The molecule has 4 nitrogen and oxygen atoms in total. The van der Waals surface area contributed by atoms with Crippen molar-refractivity contribution >= 4 is 12.1 Å². The molecule has 2 aromatic carbocycles. The van der Waals surface area contributed by atoms with Crippen LogP contribution in [0.15, 0.2) is 65.9 Å². The number of aldehydes is 1. The maximum atomic E-state index is 13.7. The van der Waals surface area contributed by atoms with Gasteiger partial charge in [-0.1, -0.05) is 80.8 Å². The summed E-state index contributed by atoms with van der Waals surface area (Å²) in [5.41, 5.74) is 1.57. The number of rotatable bonds is 6. The van der Waals surface area contributed by atoms with Gasteiger partial charge in [-0.2, -0.15) is 0 Å². The number of aliphatic hydroxyl groups excluding tert-OH is 1. The van der Waals surface area contributed by atoms with Gasteiger partial charge in [-0.05, 0) is 42.4 Å². The van der Waals surface area contributed by atoms with Crippen LogP contribution in [0.25, 0.3) is 11.1 Å². The number of Topliss-reactive ketones (excluding diaryl/α,β-unsaturated/α-hetero) is 1. The average molecular weight is 419 g/mol. The summed E-state index contributed by atoms with van der Waals surface area (Å²) in [6, 6.07) is 17.7. The Kier molecular flexibility index (Phi) is 6.10. The van der Waals surface area contributed by atoms with Gasteiger partial charge in [-0.25, -0.2) is 0 Å². The maximum absolute atomic E-state index is 13.7. The van der Waals surface area contributed by atoms with Crippen molar-refractivity contribution in [2.24, 2.45) is 5.92 Å². The standard InChI is InChI=1S/C27H30O4/c1-18(21-15-9-10-16-22(21)19-11-5-3-6-12-19)24(29)23-25(30)26(31-27(23,2)17-28)20-13-7-4-8-14-20/h3,5-6,9-12,15-18,20,26,30H,4,7-8,13-14H2,1-2H3. The minimum absolute atomic E-state index is 0.0458. The molecule has 162 valence electrons. The van der Waals surface area contributed by atoms with Gasteiger partial charge in [0.25, 0.3) is 0 Å². The summed E-state index contributed by atoms with van der Waals surface area (Å²) >= 11 is 0. The van der Waals surface area contributed by atoms with E-state index in [1.807, 2.05) is 61.5 Å². The van der Waals surface area contributed by atoms with Gasteiger partial charge in [0, 0.05) is 5.92 Å². The van der Waals surface area contributed by atoms with Crippen molar-refractivity contribution in [3.8, 4) is 11.1 Å². The Morgan fingerprint density at radius 1 is 1.06 bits per heavy atom. The molecule has 1 fully saturated rings. The minimum Gasteiger partial charge on any atom is -0.509 e. The van der Waals surface area contributed by atoms with E-state index in [-0.39, 0.29) is 23.0 Å². The SMILES string of the molecule is CC(C(=O)C1=C(O)C(C2CCCCC2)OC1(C)C=O)c1ccccc1-c1ccccc1. The van der Waals surface area contributed by atoms with E-state index in [1.54, 1.807) is 6.92 Å². The molecule has 1 aliphatic heterocycles. The summed E-state index contributed by atoms with van der Waals surface area (Å²) in [6.45, 7) is 3.44. The van der Waals surface area contributed by atoms with Crippen LogP contribution in [0, 0.1) is 5.92 Å². The highest BCUT2D eigenvalue weighted by Gasteiger charge is 2.50. The Hall–Kier alpha value is -2.72. The van der Waals surface area contributed by atoms with Crippen LogP contribution in [0.2, 0.25) is 0 Å². The zero-order valence-corrected chi connectivity index (χ0v) is 18.2. The van der Waals surface area contributed by atoms with Crippen molar-refractivity contribution in [3.63, 3.8) is 0 Å². The molecule has 31 heavy (non-hydrogen) atoms. The fraction of sp³-hybridized carbons (Fsp3) is 0.407. The van der Waals surface area contributed by atoms with Crippen LogP contribution in [-0.4, -0.2) is 28.9 Å². The van der Waals surface area contributed by atoms with Gasteiger partial charge in [0.05, 0.1) is 5.57 Å². The number of ether oxygens (including phenoxy) is 1. The van der Waals surface area contributed by atoms with Gasteiger partial charge < -0.3 is 9.84 Å². The predicted octanol–water partition coefficient (Wildman–Crippen LogP) is 5.78. The van der Waals surface area contributed by atoms with Gasteiger partial charge in [0.2, 0.25) is 0 Å². The van der Waals surface area contributed by atoms with E-state index < -0.39 is 17.6 Å². The Morgan fingerprint density at radius 2 is 1.71 bits per heavy atom. The molecule has 4 rings (SSSR count). The summed E-state index contributed by atoms with van der Waals surface area (Å²) in [7, 11) is 0. The monoisotopic (exact) mass is 418 g/mol. The van der Waals surface area contributed by atoms with Crippen LogP contribution < -0.4 is 0 Å². The first-order valence-corrected chi connectivity index (χ1v) is 11.2. The lowest BCUT2D eigenvalue weighted by Gasteiger charge is -2.29. The van der Waals surface area contributed by atoms with Crippen LogP contribution in [0.3, 0.4) is 0 Å². The molecular formula is C27H30O4. The fourth-order valence-corrected chi connectivity index (χ4v) is 5.10. The molecule has 0 amide bonds. The summed E-state index contributed by atoms with van der Waals surface area (Å²) in [6.07, 6.45) is 5.31. The Labute approximate surface area is 183 Å². The summed E-state index contributed by atoms with van der Waals surface area (Å²) in [4.78, 5) is 25.7. The number of aliphatic hydroxyl groups is 1. The average Bonchev–Trinajstić information content (AvgIpc) is 3.10. The second kappa shape index (κ2) is 8.80. The second-order valence-corrected chi connectivity index (χ2v) is 8.96. The molecule has 1 aliphatic carbocycles. The molecule has 2 aliphatic rings. The van der Waals surface area contributed by atoms with Crippen molar-refractivity contribution in [2.45, 2.75) is 63.6 Å². The number of carbonyl (C=O) groups is 2. The third-order valence-electron chi connectivity index (χ3n) is 6.85.